The van der Waals surface area contributed by atoms with E-state index in [-0.39, 0.29) is 23.5 Å². The van der Waals surface area contributed by atoms with E-state index >= 15 is 0 Å². The van der Waals surface area contributed by atoms with Gasteiger partial charge in [0.15, 0.2) is 9.84 Å². The molecular weight excluding hydrogens is 294 g/mol. The van der Waals surface area contributed by atoms with Crippen molar-refractivity contribution in [3.63, 3.8) is 0 Å². The van der Waals surface area contributed by atoms with Gasteiger partial charge >= 0.3 is 5.97 Å². The molecule has 1 saturated heterocycles. The van der Waals surface area contributed by atoms with Gasteiger partial charge in [-0.15, -0.1) is 0 Å². The predicted octanol–water partition coefficient (Wildman–Crippen LogP) is 0.769. The number of aliphatic carboxylic acids is 1. The third-order valence-corrected chi connectivity index (χ3v) is 6.26. The van der Waals surface area contributed by atoms with E-state index in [1.54, 1.807) is 13.8 Å². The molecule has 2 fully saturated rings. The second-order valence-corrected chi connectivity index (χ2v) is 8.74. The Bertz CT molecular complexity index is 527. The van der Waals surface area contributed by atoms with Crippen molar-refractivity contribution >= 4 is 21.7 Å². The molecule has 0 bridgehead atoms. The van der Waals surface area contributed by atoms with Crippen LogP contribution in [0, 0.1) is 17.8 Å². The molecular formula is C14H23NO5S. The zero-order chi connectivity index (χ0) is 15.8. The molecule has 120 valence electrons. The average Bonchev–Trinajstić information content (AvgIpc) is 2.83. The maximum Gasteiger partial charge on any atom is 0.326 e. The van der Waals surface area contributed by atoms with Gasteiger partial charge in [-0.05, 0) is 30.6 Å². The lowest BCUT2D eigenvalue weighted by molar-refractivity contribution is -0.148. The van der Waals surface area contributed by atoms with E-state index in [0.29, 0.717) is 6.54 Å². The second kappa shape index (κ2) is 5.94. The van der Waals surface area contributed by atoms with Gasteiger partial charge in [0, 0.05) is 6.54 Å². The standard InChI is InChI=1S/C14H23NO5S/c1-9(2)7-21(19,20)8-12(16)15-6-10-4-3-5-11(10)13(15)14(17)18/h9-11,13H,3-8H2,1-2H3,(H,17,18). The summed E-state index contributed by atoms with van der Waals surface area (Å²) in [5, 5.41) is 9.38. The van der Waals surface area contributed by atoms with Crippen LogP contribution in [0.3, 0.4) is 0 Å². The summed E-state index contributed by atoms with van der Waals surface area (Å²) in [6, 6.07) is -0.848. The Morgan fingerprint density at radius 1 is 1.29 bits per heavy atom. The molecule has 0 aromatic rings. The van der Waals surface area contributed by atoms with Crippen molar-refractivity contribution in [2.24, 2.45) is 17.8 Å². The number of hydrogen-bond donors (Lipinski definition) is 1. The van der Waals surface area contributed by atoms with Gasteiger partial charge in [-0.1, -0.05) is 20.3 Å². The van der Waals surface area contributed by atoms with Crippen LogP contribution in [0.15, 0.2) is 0 Å². The van der Waals surface area contributed by atoms with Crippen molar-refractivity contribution in [1.82, 2.24) is 4.90 Å². The van der Waals surface area contributed by atoms with Gasteiger partial charge in [0.1, 0.15) is 11.8 Å². The number of nitrogens with zero attached hydrogens (tertiary/aromatic N) is 1. The van der Waals surface area contributed by atoms with Gasteiger partial charge in [-0.25, -0.2) is 13.2 Å². The summed E-state index contributed by atoms with van der Waals surface area (Å²) < 4.78 is 23.9. The van der Waals surface area contributed by atoms with Crippen LogP contribution in [0.4, 0.5) is 0 Å². The van der Waals surface area contributed by atoms with E-state index in [0.717, 1.165) is 19.3 Å². The second-order valence-electron chi connectivity index (χ2n) is 6.63. The van der Waals surface area contributed by atoms with Crippen molar-refractivity contribution in [3.8, 4) is 0 Å². The van der Waals surface area contributed by atoms with Gasteiger partial charge in [0.25, 0.3) is 0 Å². The normalized spacial score (nSPS) is 28.9. The molecule has 1 heterocycles. The molecule has 3 atom stereocenters. The lowest BCUT2D eigenvalue weighted by Crippen LogP contribution is -2.45. The van der Waals surface area contributed by atoms with E-state index in [1.165, 1.54) is 4.90 Å². The first-order valence-corrected chi connectivity index (χ1v) is 9.26. The lowest BCUT2D eigenvalue weighted by Gasteiger charge is -2.24. The molecule has 6 nitrogen and oxygen atoms in total. The van der Waals surface area contributed by atoms with Crippen molar-refractivity contribution in [2.45, 2.75) is 39.2 Å². The minimum Gasteiger partial charge on any atom is -0.480 e. The third kappa shape index (κ3) is 3.56. The average molecular weight is 317 g/mol. The van der Waals surface area contributed by atoms with Gasteiger partial charge in [0.2, 0.25) is 5.91 Å². The lowest BCUT2D eigenvalue weighted by atomic mass is 9.94. The highest BCUT2D eigenvalue weighted by Gasteiger charge is 2.49. The summed E-state index contributed by atoms with van der Waals surface area (Å²) in [4.78, 5) is 25.0. The molecule has 1 aliphatic carbocycles. The van der Waals surface area contributed by atoms with E-state index in [4.69, 9.17) is 0 Å². The Labute approximate surface area is 125 Å². The van der Waals surface area contributed by atoms with Crippen LogP contribution in [-0.2, 0) is 19.4 Å². The number of fused-ring (bicyclic) bond motifs is 1. The van der Waals surface area contributed by atoms with Crippen LogP contribution >= 0.6 is 0 Å². The van der Waals surface area contributed by atoms with E-state index in [2.05, 4.69) is 0 Å². The number of sulfone groups is 1. The summed E-state index contributed by atoms with van der Waals surface area (Å²) >= 11 is 0. The minimum absolute atomic E-state index is 0.0146. The maximum atomic E-state index is 12.3. The van der Waals surface area contributed by atoms with Gasteiger partial charge in [-0.3, -0.25) is 4.79 Å². The number of hydrogen-bond acceptors (Lipinski definition) is 4. The number of likely N-dealkylation sites (tertiary alicyclic amines) is 1. The van der Waals surface area contributed by atoms with E-state index < -0.39 is 33.5 Å². The molecule has 0 aromatic carbocycles. The molecule has 7 heteroatoms. The fourth-order valence-corrected chi connectivity index (χ4v) is 5.39. The highest BCUT2D eigenvalue weighted by molar-refractivity contribution is 7.92. The molecule has 0 radical (unpaired) electrons. The van der Waals surface area contributed by atoms with Crippen molar-refractivity contribution in [3.05, 3.63) is 0 Å². The number of amides is 1. The topological polar surface area (TPSA) is 91.8 Å². The minimum atomic E-state index is -3.47. The molecule has 0 spiro atoms. The summed E-state index contributed by atoms with van der Waals surface area (Å²) in [5.41, 5.74) is 0. The number of carboxylic acid groups (broad SMARTS) is 1. The SMILES string of the molecule is CC(C)CS(=O)(=O)CC(=O)N1CC2CCCC2C1C(=O)O. The van der Waals surface area contributed by atoms with Gasteiger partial charge in [-0.2, -0.15) is 0 Å². The van der Waals surface area contributed by atoms with Crippen LogP contribution in [-0.4, -0.2) is 54.4 Å². The zero-order valence-corrected chi connectivity index (χ0v) is 13.3. The molecule has 1 aliphatic heterocycles. The Morgan fingerprint density at radius 2 is 1.95 bits per heavy atom. The van der Waals surface area contributed by atoms with Crippen LogP contribution in [0.5, 0.6) is 0 Å². The first-order chi connectivity index (χ1) is 9.71. The molecule has 2 aliphatic rings. The number of carboxylic acids is 1. The maximum absolute atomic E-state index is 12.3. The zero-order valence-electron chi connectivity index (χ0n) is 12.5. The Balaban J connectivity index is 2.10. The monoisotopic (exact) mass is 317 g/mol. The molecule has 3 unspecified atom stereocenters. The first kappa shape index (κ1) is 16.3. The van der Waals surface area contributed by atoms with Crippen LogP contribution in [0.1, 0.15) is 33.1 Å². The van der Waals surface area contributed by atoms with Crippen molar-refractivity contribution in [1.29, 1.82) is 0 Å². The highest BCUT2D eigenvalue weighted by atomic mass is 32.2. The van der Waals surface area contributed by atoms with E-state index in [9.17, 15) is 23.1 Å². The molecule has 21 heavy (non-hydrogen) atoms. The highest BCUT2D eigenvalue weighted by Crippen LogP contribution is 2.42. The van der Waals surface area contributed by atoms with Crippen LogP contribution in [0.2, 0.25) is 0 Å². The van der Waals surface area contributed by atoms with Crippen LogP contribution < -0.4 is 0 Å². The summed E-state index contributed by atoms with van der Waals surface area (Å²) in [5.74, 6) is -2.04. The fourth-order valence-electron chi connectivity index (χ4n) is 3.72. The Hall–Kier alpha value is -1.11. The van der Waals surface area contributed by atoms with Crippen LogP contribution in [0.25, 0.3) is 0 Å². The van der Waals surface area contributed by atoms with Gasteiger partial charge in [0.05, 0.1) is 5.75 Å². The molecule has 1 N–H and O–H groups in total. The van der Waals surface area contributed by atoms with Crippen molar-refractivity contribution < 1.29 is 23.1 Å². The molecule has 1 saturated carbocycles. The third-order valence-electron chi connectivity index (χ3n) is 4.39. The molecule has 1 amide bonds. The number of rotatable bonds is 5. The Kier molecular flexibility index (Phi) is 4.60. The molecule has 2 rings (SSSR count). The number of carbonyl (C=O) groups is 2. The predicted molar refractivity (Wildman–Crippen MR) is 77.5 cm³/mol. The first-order valence-electron chi connectivity index (χ1n) is 7.44. The number of carbonyl (C=O) groups excluding carboxylic acids is 1. The fraction of sp³-hybridized carbons (Fsp3) is 0.857. The van der Waals surface area contributed by atoms with E-state index in [1.807, 2.05) is 0 Å². The quantitative estimate of drug-likeness (QED) is 0.808. The summed E-state index contributed by atoms with van der Waals surface area (Å²) in [6.07, 6.45) is 2.73. The van der Waals surface area contributed by atoms with Gasteiger partial charge < -0.3 is 10.0 Å². The van der Waals surface area contributed by atoms with Crippen molar-refractivity contribution in [2.75, 3.05) is 18.1 Å². The summed E-state index contributed by atoms with van der Waals surface area (Å²) in [7, 11) is -3.47. The smallest absolute Gasteiger partial charge is 0.326 e. The molecule has 0 aromatic heterocycles. The largest absolute Gasteiger partial charge is 0.480 e. The summed E-state index contributed by atoms with van der Waals surface area (Å²) in [6.45, 7) is 3.95. The Morgan fingerprint density at radius 3 is 2.52 bits per heavy atom.